The third-order valence-corrected chi connectivity index (χ3v) is 7.51. The largest absolute Gasteiger partial charge is 0.417 e. The number of halogens is 3. The Balaban J connectivity index is 1.73. The Morgan fingerprint density at radius 1 is 1.00 bits per heavy atom. The number of rotatable bonds is 13. The van der Waals surface area contributed by atoms with Gasteiger partial charge in [-0.15, -0.1) is 0 Å². The van der Waals surface area contributed by atoms with Crippen LogP contribution in [0.15, 0.2) is 23.0 Å². The van der Waals surface area contributed by atoms with E-state index in [0.29, 0.717) is 11.5 Å². The molecule has 0 radical (unpaired) electrons. The number of aliphatic hydroxyl groups excluding tert-OH is 1. The lowest BCUT2D eigenvalue weighted by molar-refractivity contribution is -0.136. The molecule has 2 heterocycles. The molecule has 0 saturated heterocycles. The molecule has 3 rings (SSSR count). The maximum atomic E-state index is 13.8. The Bertz CT molecular complexity index is 1150. The number of hydrogen-bond acceptors (Lipinski definition) is 3. The summed E-state index contributed by atoms with van der Waals surface area (Å²) in [5.41, 5.74) is 1.34. The van der Waals surface area contributed by atoms with Crippen molar-refractivity contribution >= 4 is 33.6 Å². The second-order valence-electron chi connectivity index (χ2n) is 8.82. The quantitative estimate of drug-likeness (QED) is 0.255. The topological polar surface area (TPSA) is 58.0 Å². The molecule has 4 nitrogen and oxygen atoms in total. The van der Waals surface area contributed by atoms with Gasteiger partial charge in [-0.3, -0.25) is 4.79 Å². The van der Waals surface area contributed by atoms with Gasteiger partial charge in [-0.2, -0.15) is 24.9 Å². The van der Waals surface area contributed by atoms with E-state index in [-0.39, 0.29) is 17.5 Å². The number of aromatic amines is 1. The molecule has 0 fully saturated rings. The number of thioether (sulfide) groups is 1. The summed E-state index contributed by atoms with van der Waals surface area (Å²) in [6.07, 6.45) is 4.20. The summed E-state index contributed by atoms with van der Waals surface area (Å²) >= 11 is 1.80. The van der Waals surface area contributed by atoms with Crippen molar-refractivity contribution in [3.63, 3.8) is 0 Å². The van der Waals surface area contributed by atoms with Gasteiger partial charge in [0.15, 0.2) is 0 Å². The van der Waals surface area contributed by atoms with E-state index >= 15 is 0 Å². The van der Waals surface area contributed by atoms with Crippen LogP contribution in [0, 0.1) is 6.92 Å². The summed E-state index contributed by atoms with van der Waals surface area (Å²) in [6.45, 7) is 4.95. The van der Waals surface area contributed by atoms with Crippen LogP contribution in [0.3, 0.4) is 0 Å². The smallest absolute Gasteiger partial charge is 0.396 e. The molecule has 0 aliphatic carbocycles. The molecule has 34 heavy (non-hydrogen) atoms. The van der Waals surface area contributed by atoms with Crippen molar-refractivity contribution < 1.29 is 18.3 Å². The fraction of sp³-hybridized carbons (Fsp3) is 0.577. The Kier molecular flexibility index (Phi) is 9.54. The molecule has 0 spiro atoms. The van der Waals surface area contributed by atoms with E-state index < -0.39 is 17.3 Å². The van der Waals surface area contributed by atoms with E-state index in [0.717, 1.165) is 60.5 Å². The molecule has 0 aliphatic heterocycles. The zero-order valence-electron chi connectivity index (χ0n) is 20.1. The summed E-state index contributed by atoms with van der Waals surface area (Å²) < 4.78 is 43.7. The Hall–Kier alpha value is -1.93. The third kappa shape index (κ3) is 6.19. The van der Waals surface area contributed by atoms with Gasteiger partial charge in [0.2, 0.25) is 5.56 Å². The number of aryl methyl sites for hydroxylation is 2. The van der Waals surface area contributed by atoms with Crippen LogP contribution in [0.4, 0.5) is 13.2 Å². The second-order valence-corrected chi connectivity index (χ2v) is 10.0. The van der Waals surface area contributed by atoms with Gasteiger partial charge in [0, 0.05) is 45.9 Å². The lowest BCUT2D eigenvalue weighted by atomic mass is 10.0. The molecule has 0 bridgehead atoms. The van der Waals surface area contributed by atoms with Crippen molar-refractivity contribution in [3.05, 3.63) is 45.4 Å². The maximum absolute atomic E-state index is 13.8. The third-order valence-electron chi connectivity index (χ3n) is 6.46. The van der Waals surface area contributed by atoms with E-state index in [1.165, 1.54) is 25.7 Å². The molecular weight excluding hydrogens is 461 g/mol. The van der Waals surface area contributed by atoms with Crippen LogP contribution in [0.1, 0.15) is 68.7 Å². The summed E-state index contributed by atoms with van der Waals surface area (Å²) in [5.74, 6) is 1.93. The average Bonchev–Trinajstić information content (AvgIpc) is 3.07. The maximum Gasteiger partial charge on any atom is 0.417 e. The highest BCUT2D eigenvalue weighted by Crippen LogP contribution is 2.39. The first kappa shape index (κ1) is 26.7. The number of unbranched alkanes of at least 4 members (excludes halogenated alkanes) is 6. The molecule has 2 aromatic heterocycles. The summed E-state index contributed by atoms with van der Waals surface area (Å²) in [5, 5.41) is 9.47. The number of fused-ring (bicyclic) bond motifs is 3. The Labute approximate surface area is 202 Å². The van der Waals surface area contributed by atoms with Gasteiger partial charge >= 0.3 is 6.18 Å². The molecule has 0 amide bonds. The SMILES string of the molecule is CCc1c(C)c2c3c(C(F)(F)F)cc(=O)[nH]c3ccc2n1CCCCCCCCCSCCO. The standard InChI is InChI=1S/C26H35F3N2O2S/c1-3-21-18(2)24-22(12-11-20-25(24)19(26(27,28)29)17-23(33)30-20)31(21)13-9-7-5-4-6-8-10-15-34-16-14-32/h11-12,17,32H,3-10,13-16H2,1-2H3,(H,30,33). The van der Waals surface area contributed by atoms with Gasteiger partial charge in [-0.25, -0.2) is 0 Å². The highest BCUT2D eigenvalue weighted by atomic mass is 32.2. The summed E-state index contributed by atoms with van der Waals surface area (Å²) in [4.78, 5) is 14.4. The Morgan fingerprint density at radius 2 is 1.68 bits per heavy atom. The molecule has 8 heteroatoms. The normalized spacial score (nSPS) is 12.3. The molecule has 188 valence electrons. The lowest BCUT2D eigenvalue weighted by Gasteiger charge is -2.12. The predicted molar refractivity (Wildman–Crippen MR) is 136 cm³/mol. The molecule has 2 N–H and O–H groups in total. The number of H-pyrrole nitrogens is 1. The minimum absolute atomic E-state index is 0.0905. The number of alkyl halides is 3. The monoisotopic (exact) mass is 496 g/mol. The first-order chi connectivity index (χ1) is 16.3. The van der Waals surface area contributed by atoms with Crippen LogP contribution >= 0.6 is 11.8 Å². The van der Waals surface area contributed by atoms with Crippen molar-refractivity contribution in [2.75, 3.05) is 18.1 Å². The number of hydrogen-bond donors (Lipinski definition) is 2. The number of nitrogens with zero attached hydrogens (tertiary/aromatic N) is 1. The zero-order valence-corrected chi connectivity index (χ0v) is 20.9. The summed E-state index contributed by atoms with van der Waals surface area (Å²) in [6, 6.07) is 4.12. The molecule has 3 aromatic rings. The van der Waals surface area contributed by atoms with Gasteiger partial charge in [0.25, 0.3) is 0 Å². The van der Waals surface area contributed by atoms with E-state index in [1.807, 2.05) is 19.9 Å². The molecule has 0 aliphatic rings. The van der Waals surface area contributed by atoms with Gasteiger partial charge in [0.05, 0.1) is 12.2 Å². The highest BCUT2D eigenvalue weighted by Gasteiger charge is 2.34. The van der Waals surface area contributed by atoms with Crippen molar-refractivity contribution in [3.8, 4) is 0 Å². The lowest BCUT2D eigenvalue weighted by Crippen LogP contribution is -2.14. The first-order valence-corrected chi connectivity index (χ1v) is 13.4. The van der Waals surface area contributed by atoms with Crippen LogP contribution < -0.4 is 5.56 Å². The molecule has 0 atom stereocenters. The minimum Gasteiger partial charge on any atom is -0.396 e. The summed E-state index contributed by atoms with van der Waals surface area (Å²) in [7, 11) is 0. The van der Waals surface area contributed by atoms with Crippen LogP contribution in [0.2, 0.25) is 0 Å². The fourth-order valence-corrected chi connectivity index (χ4v) is 5.65. The number of aliphatic hydroxyl groups is 1. The first-order valence-electron chi connectivity index (χ1n) is 12.2. The number of aromatic nitrogens is 2. The number of nitrogens with one attached hydrogen (secondary N) is 1. The van der Waals surface area contributed by atoms with Crippen molar-refractivity contribution in [1.29, 1.82) is 0 Å². The predicted octanol–water partition coefficient (Wildman–Crippen LogP) is 6.83. The van der Waals surface area contributed by atoms with Crippen molar-refractivity contribution in [2.24, 2.45) is 0 Å². The minimum atomic E-state index is -4.60. The zero-order chi connectivity index (χ0) is 24.7. The number of pyridine rings is 1. The number of benzene rings is 1. The van der Waals surface area contributed by atoms with E-state index in [9.17, 15) is 18.0 Å². The van der Waals surface area contributed by atoms with Crippen LogP contribution in [-0.4, -0.2) is 32.8 Å². The Morgan fingerprint density at radius 3 is 2.32 bits per heavy atom. The second kappa shape index (κ2) is 12.2. The highest BCUT2D eigenvalue weighted by molar-refractivity contribution is 7.99. The molecular formula is C26H35F3N2O2S. The van der Waals surface area contributed by atoms with E-state index in [4.69, 9.17) is 5.11 Å². The van der Waals surface area contributed by atoms with E-state index in [2.05, 4.69) is 9.55 Å². The average molecular weight is 497 g/mol. The van der Waals surface area contributed by atoms with Crippen molar-refractivity contribution in [1.82, 2.24) is 9.55 Å². The van der Waals surface area contributed by atoms with E-state index in [1.54, 1.807) is 17.8 Å². The van der Waals surface area contributed by atoms with Crippen LogP contribution in [-0.2, 0) is 19.1 Å². The fourth-order valence-electron chi connectivity index (χ4n) is 4.90. The van der Waals surface area contributed by atoms with Gasteiger partial charge < -0.3 is 14.7 Å². The van der Waals surface area contributed by atoms with Crippen LogP contribution in [0.5, 0.6) is 0 Å². The van der Waals surface area contributed by atoms with Crippen molar-refractivity contribution in [2.45, 2.75) is 77.9 Å². The molecule has 0 saturated carbocycles. The van der Waals surface area contributed by atoms with Gasteiger partial charge in [-0.1, -0.05) is 39.0 Å². The molecule has 0 unspecified atom stereocenters. The van der Waals surface area contributed by atoms with Gasteiger partial charge in [-0.05, 0) is 49.6 Å². The molecule has 1 aromatic carbocycles. The van der Waals surface area contributed by atoms with Crippen LogP contribution in [0.25, 0.3) is 21.8 Å². The van der Waals surface area contributed by atoms with Gasteiger partial charge in [0.1, 0.15) is 0 Å².